The fourth-order valence-electron chi connectivity index (χ4n) is 3.35. The van der Waals surface area contributed by atoms with E-state index in [4.69, 9.17) is 0 Å². The Morgan fingerprint density at radius 2 is 2.20 bits per heavy atom. The van der Waals surface area contributed by atoms with Crippen LogP contribution in [0, 0.1) is 0 Å². The molecule has 2 unspecified atom stereocenters. The third kappa shape index (κ3) is 1.97. The molecule has 0 aliphatic heterocycles. The maximum Gasteiger partial charge on any atom is 0.147 e. The van der Waals surface area contributed by atoms with Gasteiger partial charge in [0.25, 0.3) is 0 Å². The molecule has 2 aromatic rings. The highest BCUT2D eigenvalue weighted by Crippen LogP contribution is 2.44. The van der Waals surface area contributed by atoms with Crippen molar-refractivity contribution in [3.8, 4) is 0 Å². The summed E-state index contributed by atoms with van der Waals surface area (Å²) in [5.74, 6) is 1.29. The Morgan fingerprint density at radius 3 is 3.00 bits per heavy atom. The second-order valence-electron chi connectivity index (χ2n) is 5.83. The number of fused-ring (bicyclic) bond motifs is 1. The smallest absolute Gasteiger partial charge is 0.147 e. The normalized spacial score (nSPS) is 25.4. The zero-order valence-electron chi connectivity index (χ0n) is 12.2. The maximum atomic E-state index is 11.3. The fourth-order valence-corrected chi connectivity index (χ4v) is 3.35. The molecule has 0 spiro atoms. The molecule has 0 saturated carbocycles. The van der Waals surface area contributed by atoms with Crippen molar-refractivity contribution < 1.29 is 5.11 Å². The average molecular weight is 270 g/mol. The van der Waals surface area contributed by atoms with Gasteiger partial charge in [0.2, 0.25) is 0 Å². The highest BCUT2D eigenvalue weighted by Gasteiger charge is 2.41. The predicted molar refractivity (Wildman–Crippen MR) is 79.6 cm³/mol. The monoisotopic (exact) mass is 270 g/mol. The zero-order chi connectivity index (χ0) is 14.2. The largest absolute Gasteiger partial charge is 0.377 e. The van der Waals surface area contributed by atoms with Gasteiger partial charge in [0.15, 0.2) is 0 Å². The number of imidazole rings is 1. The number of aliphatic hydroxyl groups is 1. The third-order valence-electron chi connectivity index (χ3n) is 4.43. The van der Waals surface area contributed by atoms with E-state index in [0.717, 1.165) is 37.2 Å². The van der Waals surface area contributed by atoms with Crippen molar-refractivity contribution in [3.05, 3.63) is 53.6 Å². The minimum atomic E-state index is -0.943. The molecule has 3 rings (SSSR count). The van der Waals surface area contributed by atoms with Crippen molar-refractivity contribution >= 4 is 0 Å². The van der Waals surface area contributed by atoms with E-state index in [1.54, 1.807) is 6.20 Å². The summed E-state index contributed by atoms with van der Waals surface area (Å²) >= 11 is 0. The van der Waals surface area contributed by atoms with Gasteiger partial charge in [-0.2, -0.15) is 0 Å². The Bertz CT molecular complexity index is 605. The maximum absolute atomic E-state index is 11.3. The van der Waals surface area contributed by atoms with Crippen LogP contribution in [0.4, 0.5) is 0 Å². The summed E-state index contributed by atoms with van der Waals surface area (Å²) in [5.41, 5.74) is 1.34. The average Bonchev–Trinajstić information content (AvgIpc) is 2.93. The van der Waals surface area contributed by atoms with Crippen LogP contribution < -0.4 is 0 Å². The van der Waals surface area contributed by atoms with Crippen molar-refractivity contribution in [1.82, 2.24) is 9.55 Å². The van der Waals surface area contributed by atoms with Crippen molar-refractivity contribution in [3.63, 3.8) is 0 Å². The van der Waals surface area contributed by atoms with E-state index in [1.807, 2.05) is 12.3 Å². The molecule has 1 aliphatic carbocycles. The molecule has 2 atom stereocenters. The number of nitrogens with zero attached hydrogens (tertiary/aromatic N) is 2. The van der Waals surface area contributed by atoms with Crippen LogP contribution in [0.25, 0.3) is 0 Å². The van der Waals surface area contributed by atoms with Crippen LogP contribution in [-0.2, 0) is 12.1 Å². The summed E-state index contributed by atoms with van der Waals surface area (Å²) in [4.78, 5) is 4.47. The third-order valence-corrected chi connectivity index (χ3v) is 4.43. The molecular weight excluding hydrogens is 248 g/mol. The fraction of sp³-hybridized carbons (Fsp3) is 0.471. The van der Waals surface area contributed by atoms with Gasteiger partial charge >= 0.3 is 0 Å². The topological polar surface area (TPSA) is 38.0 Å². The van der Waals surface area contributed by atoms with Gasteiger partial charge in [0.05, 0.1) is 0 Å². The Kier molecular flexibility index (Phi) is 3.38. The highest BCUT2D eigenvalue weighted by molar-refractivity contribution is 5.41. The predicted octanol–water partition coefficient (Wildman–Crippen LogP) is 3.43. The van der Waals surface area contributed by atoms with Gasteiger partial charge in [-0.05, 0) is 36.3 Å². The SMILES string of the molecule is CCCn1ccnc1C1(O)CCC(C)c2ccccc21. The van der Waals surface area contributed by atoms with Crippen LogP contribution in [0.5, 0.6) is 0 Å². The Balaban J connectivity index is 2.13. The first kappa shape index (κ1) is 13.4. The molecule has 1 aromatic heterocycles. The van der Waals surface area contributed by atoms with E-state index in [2.05, 4.69) is 41.6 Å². The van der Waals surface area contributed by atoms with Crippen LogP contribution in [0.15, 0.2) is 36.7 Å². The Hall–Kier alpha value is -1.61. The standard InChI is InChI=1S/C17H22N2O/c1-3-11-19-12-10-18-16(19)17(20)9-8-13(2)14-6-4-5-7-15(14)17/h4-7,10,12-13,20H,3,8-9,11H2,1-2H3. The van der Waals surface area contributed by atoms with Crippen molar-refractivity contribution in [2.45, 2.75) is 51.2 Å². The summed E-state index contributed by atoms with van der Waals surface area (Å²) in [7, 11) is 0. The van der Waals surface area contributed by atoms with E-state index in [9.17, 15) is 5.11 Å². The second-order valence-corrected chi connectivity index (χ2v) is 5.83. The minimum Gasteiger partial charge on any atom is -0.377 e. The number of hydrogen-bond donors (Lipinski definition) is 1. The lowest BCUT2D eigenvalue weighted by molar-refractivity contribution is 0.0452. The Morgan fingerprint density at radius 1 is 1.40 bits per heavy atom. The molecule has 0 saturated heterocycles. The first-order valence-corrected chi connectivity index (χ1v) is 7.50. The van der Waals surface area contributed by atoms with Crippen molar-refractivity contribution in [1.29, 1.82) is 0 Å². The highest BCUT2D eigenvalue weighted by atomic mass is 16.3. The molecule has 106 valence electrons. The van der Waals surface area contributed by atoms with Gasteiger partial charge in [0, 0.05) is 18.9 Å². The summed E-state index contributed by atoms with van der Waals surface area (Å²) < 4.78 is 2.09. The first-order valence-electron chi connectivity index (χ1n) is 7.50. The van der Waals surface area contributed by atoms with Crippen LogP contribution >= 0.6 is 0 Å². The molecule has 0 fully saturated rings. The molecule has 3 nitrogen and oxygen atoms in total. The number of hydrogen-bond acceptors (Lipinski definition) is 2. The summed E-state index contributed by atoms with van der Waals surface area (Å²) in [6, 6.07) is 8.25. The zero-order valence-corrected chi connectivity index (χ0v) is 12.2. The van der Waals surface area contributed by atoms with Crippen LogP contribution in [-0.4, -0.2) is 14.7 Å². The van der Waals surface area contributed by atoms with Crippen LogP contribution in [0.2, 0.25) is 0 Å². The number of rotatable bonds is 3. The molecule has 1 N–H and O–H groups in total. The van der Waals surface area contributed by atoms with E-state index in [-0.39, 0.29) is 0 Å². The lowest BCUT2D eigenvalue weighted by Crippen LogP contribution is -2.35. The van der Waals surface area contributed by atoms with Gasteiger partial charge in [-0.25, -0.2) is 4.98 Å². The first-order chi connectivity index (χ1) is 9.66. The molecule has 0 radical (unpaired) electrons. The van der Waals surface area contributed by atoms with Crippen LogP contribution in [0.1, 0.15) is 56.0 Å². The lowest BCUT2D eigenvalue weighted by atomic mass is 9.74. The second kappa shape index (κ2) is 5.06. The number of aromatic nitrogens is 2. The number of benzene rings is 1. The summed E-state index contributed by atoms with van der Waals surface area (Å²) in [6.07, 6.45) is 6.54. The molecule has 20 heavy (non-hydrogen) atoms. The Labute approximate surface area is 120 Å². The van der Waals surface area contributed by atoms with Gasteiger partial charge < -0.3 is 9.67 Å². The van der Waals surface area contributed by atoms with Gasteiger partial charge in [-0.1, -0.05) is 38.1 Å². The molecule has 1 aliphatic rings. The molecule has 1 heterocycles. The van der Waals surface area contributed by atoms with Gasteiger partial charge in [0.1, 0.15) is 11.4 Å². The molecule has 1 aromatic carbocycles. The molecular formula is C17H22N2O. The van der Waals surface area contributed by atoms with E-state index in [1.165, 1.54) is 5.56 Å². The van der Waals surface area contributed by atoms with E-state index >= 15 is 0 Å². The summed E-state index contributed by atoms with van der Waals surface area (Å²) in [5, 5.41) is 11.3. The minimum absolute atomic E-state index is 0.501. The van der Waals surface area contributed by atoms with E-state index < -0.39 is 5.60 Å². The van der Waals surface area contributed by atoms with E-state index in [0.29, 0.717) is 5.92 Å². The van der Waals surface area contributed by atoms with Crippen molar-refractivity contribution in [2.24, 2.45) is 0 Å². The number of aryl methyl sites for hydroxylation is 1. The van der Waals surface area contributed by atoms with Crippen LogP contribution in [0.3, 0.4) is 0 Å². The quantitative estimate of drug-likeness (QED) is 0.928. The lowest BCUT2D eigenvalue weighted by Gasteiger charge is -2.37. The summed E-state index contributed by atoms with van der Waals surface area (Å²) in [6.45, 7) is 5.27. The van der Waals surface area contributed by atoms with Crippen molar-refractivity contribution in [2.75, 3.05) is 0 Å². The molecule has 3 heteroatoms. The molecule has 0 bridgehead atoms. The van der Waals surface area contributed by atoms with Gasteiger partial charge in [-0.15, -0.1) is 0 Å². The molecule has 0 amide bonds. The van der Waals surface area contributed by atoms with Gasteiger partial charge in [-0.3, -0.25) is 0 Å².